The number of amides is 1. The third kappa shape index (κ3) is 3.43. The summed E-state index contributed by atoms with van der Waals surface area (Å²) in [5.41, 5.74) is 1.50. The molecule has 0 saturated heterocycles. The van der Waals surface area contributed by atoms with E-state index >= 15 is 0 Å². The molecule has 2 heterocycles. The zero-order valence-electron chi connectivity index (χ0n) is 11.7. The number of nitrogens with one attached hydrogen (secondary N) is 1. The fourth-order valence-electron chi connectivity index (χ4n) is 1.62. The highest BCUT2D eigenvalue weighted by molar-refractivity contribution is 7.98. The predicted molar refractivity (Wildman–Crippen MR) is 82.3 cm³/mol. The van der Waals surface area contributed by atoms with Gasteiger partial charge < -0.3 is 10.1 Å². The zero-order valence-corrected chi connectivity index (χ0v) is 13.2. The molecule has 0 saturated carbocycles. The van der Waals surface area contributed by atoms with Crippen molar-refractivity contribution in [3.05, 3.63) is 34.7 Å². The lowest BCUT2D eigenvalue weighted by Gasteiger charge is -2.11. The summed E-state index contributed by atoms with van der Waals surface area (Å²) in [7, 11) is 1.45. The summed E-state index contributed by atoms with van der Waals surface area (Å²) in [6, 6.07) is 1.76. The Morgan fingerprint density at radius 2 is 2.19 bits per heavy atom. The van der Waals surface area contributed by atoms with Gasteiger partial charge in [0.1, 0.15) is 5.56 Å². The first kappa shape index (κ1) is 15.5. The highest BCUT2D eigenvalue weighted by Gasteiger charge is 2.17. The molecule has 0 atom stereocenters. The van der Waals surface area contributed by atoms with E-state index in [9.17, 15) is 4.79 Å². The SMILES string of the molecule is COc1nc(SC)ncc1C(=O)Nc1c(C)ccnc1Cl. The van der Waals surface area contributed by atoms with Gasteiger partial charge in [-0.3, -0.25) is 4.79 Å². The molecule has 1 amide bonds. The van der Waals surface area contributed by atoms with E-state index in [2.05, 4.69) is 20.3 Å². The molecule has 0 bridgehead atoms. The molecule has 0 spiro atoms. The minimum Gasteiger partial charge on any atom is -0.480 e. The number of carbonyl (C=O) groups is 1. The quantitative estimate of drug-likeness (QED) is 0.529. The lowest BCUT2D eigenvalue weighted by atomic mass is 10.2. The first-order chi connectivity index (χ1) is 10.1. The van der Waals surface area contributed by atoms with Crippen molar-refractivity contribution in [3.63, 3.8) is 0 Å². The number of hydrogen-bond acceptors (Lipinski definition) is 6. The Morgan fingerprint density at radius 3 is 2.81 bits per heavy atom. The molecule has 2 aromatic rings. The number of ether oxygens (including phenoxy) is 1. The summed E-state index contributed by atoms with van der Waals surface area (Å²) in [5.74, 6) is -0.193. The first-order valence-corrected chi connectivity index (χ1v) is 7.54. The minimum atomic E-state index is -0.405. The first-order valence-electron chi connectivity index (χ1n) is 5.94. The van der Waals surface area contributed by atoms with Crippen LogP contribution < -0.4 is 10.1 Å². The van der Waals surface area contributed by atoms with Gasteiger partial charge in [0.05, 0.1) is 12.8 Å². The van der Waals surface area contributed by atoms with E-state index in [4.69, 9.17) is 16.3 Å². The number of rotatable bonds is 4. The average Bonchev–Trinajstić information content (AvgIpc) is 2.50. The number of aromatic nitrogens is 3. The molecule has 0 fully saturated rings. The van der Waals surface area contributed by atoms with Gasteiger partial charge in [0.15, 0.2) is 10.3 Å². The van der Waals surface area contributed by atoms with Crippen molar-refractivity contribution in [1.29, 1.82) is 0 Å². The van der Waals surface area contributed by atoms with Crippen LogP contribution in [-0.2, 0) is 0 Å². The Hall–Kier alpha value is -1.86. The summed E-state index contributed by atoms with van der Waals surface area (Å²) in [6.45, 7) is 1.83. The molecule has 0 aliphatic rings. The molecular weight excluding hydrogens is 312 g/mol. The van der Waals surface area contributed by atoms with Crippen molar-refractivity contribution >= 4 is 35.0 Å². The van der Waals surface area contributed by atoms with Crippen LogP contribution in [0.5, 0.6) is 5.88 Å². The third-order valence-corrected chi connectivity index (χ3v) is 3.55. The van der Waals surface area contributed by atoms with E-state index in [-0.39, 0.29) is 16.6 Å². The predicted octanol–water partition coefficient (Wildman–Crippen LogP) is 2.82. The van der Waals surface area contributed by atoms with Crippen LogP contribution in [-0.4, -0.2) is 34.2 Å². The Morgan fingerprint density at radius 1 is 1.43 bits per heavy atom. The second kappa shape index (κ2) is 6.73. The second-order valence-electron chi connectivity index (χ2n) is 4.03. The summed E-state index contributed by atoms with van der Waals surface area (Å²) in [4.78, 5) is 24.5. The Balaban J connectivity index is 2.32. The smallest absolute Gasteiger partial charge is 0.262 e. The van der Waals surface area contributed by atoms with Gasteiger partial charge >= 0.3 is 0 Å². The molecule has 2 aromatic heterocycles. The van der Waals surface area contributed by atoms with Crippen LogP contribution in [0.25, 0.3) is 0 Å². The van der Waals surface area contributed by atoms with Gasteiger partial charge in [-0.25, -0.2) is 9.97 Å². The topological polar surface area (TPSA) is 77.0 Å². The van der Waals surface area contributed by atoms with Gasteiger partial charge in [0.2, 0.25) is 5.88 Å². The van der Waals surface area contributed by atoms with Crippen LogP contribution in [0.1, 0.15) is 15.9 Å². The molecule has 110 valence electrons. The third-order valence-electron chi connectivity index (χ3n) is 2.70. The number of halogens is 1. The maximum atomic E-state index is 12.3. The summed E-state index contributed by atoms with van der Waals surface area (Å²) < 4.78 is 5.13. The number of methoxy groups -OCH3 is 1. The van der Waals surface area contributed by atoms with Crippen molar-refractivity contribution in [2.75, 3.05) is 18.7 Å². The minimum absolute atomic E-state index is 0.213. The number of thioether (sulfide) groups is 1. The average molecular weight is 325 g/mol. The second-order valence-corrected chi connectivity index (χ2v) is 5.16. The number of nitrogens with zero attached hydrogens (tertiary/aromatic N) is 3. The zero-order chi connectivity index (χ0) is 15.4. The Bertz CT molecular complexity index is 661. The number of aryl methyl sites for hydroxylation is 1. The lowest BCUT2D eigenvalue weighted by molar-refractivity contribution is 0.102. The molecule has 0 unspecified atom stereocenters. The highest BCUT2D eigenvalue weighted by atomic mass is 35.5. The van der Waals surface area contributed by atoms with E-state index in [0.29, 0.717) is 10.8 Å². The van der Waals surface area contributed by atoms with Crippen LogP contribution >= 0.6 is 23.4 Å². The van der Waals surface area contributed by atoms with Crippen LogP contribution in [0.3, 0.4) is 0 Å². The van der Waals surface area contributed by atoms with E-state index in [1.54, 1.807) is 12.3 Å². The maximum absolute atomic E-state index is 12.3. The molecular formula is C13H13ClN4O2S. The molecule has 1 N–H and O–H groups in total. The molecule has 0 radical (unpaired) electrons. The molecule has 8 heteroatoms. The molecule has 0 aromatic carbocycles. The van der Waals surface area contributed by atoms with E-state index in [1.165, 1.54) is 25.1 Å². The van der Waals surface area contributed by atoms with Crippen LogP contribution in [0.2, 0.25) is 5.15 Å². The summed E-state index contributed by atoms with van der Waals surface area (Å²) in [5, 5.41) is 3.46. The maximum Gasteiger partial charge on any atom is 0.262 e. The van der Waals surface area contributed by atoms with Crippen LogP contribution in [0, 0.1) is 6.92 Å². The largest absolute Gasteiger partial charge is 0.480 e. The number of carbonyl (C=O) groups excluding carboxylic acids is 1. The van der Waals surface area contributed by atoms with Crippen molar-refractivity contribution in [3.8, 4) is 5.88 Å². The molecule has 0 aliphatic heterocycles. The molecule has 6 nitrogen and oxygen atoms in total. The Kier molecular flexibility index (Phi) is 4.98. The van der Waals surface area contributed by atoms with Gasteiger partial charge in [-0.15, -0.1) is 0 Å². The van der Waals surface area contributed by atoms with Crippen LogP contribution in [0.15, 0.2) is 23.6 Å². The molecule has 21 heavy (non-hydrogen) atoms. The normalized spacial score (nSPS) is 10.3. The molecule has 0 aliphatic carbocycles. The van der Waals surface area contributed by atoms with Crippen molar-refractivity contribution in [1.82, 2.24) is 15.0 Å². The fourth-order valence-corrected chi connectivity index (χ4v) is 2.20. The van der Waals surface area contributed by atoms with Crippen molar-refractivity contribution in [2.24, 2.45) is 0 Å². The van der Waals surface area contributed by atoms with Gasteiger partial charge in [0.25, 0.3) is 5.91 Å². The van der Waals surface area contributed by atoms with E-state index in [0.717, 1.165) is 5.56 Å². The van der Waals surface area contributed by atoms with E-state index in [1.807, 2.05) is 13.2 Å². The molecule has 2 rings (SSSR count). The monoisotopic (exact) mass is 324 g/mol. The van der Waals surface area contributed by atoms with E-state index < -0.39 is 5.91 Å². The van der Waals surface area contributed by atoms with Gasteiger partial charge in [-0.1, -0.05) is 23.4 Å². The van der Waals surface area contributed by atoms with Crippen molar-refractivity contribution in [2.45, 2.75) is 12.1 Å². The number of hydrogen-bond donors (Lipinski definition) is 1. The fraction of sp³-hybridized carbons (Fsp3) is 0.231. The Labute approximate surface area is 131 Å². The van der Waals surface area contributed by atoms with Gasteiger partial charge in [-0.05, 0) is 24.8 Å². The standard InChI is InChI=1S/C13H13ClN4O2S/c1-7-4-5-15-10(14)9(7)17-11(19)8-6-16-13(21-3)18-12(8)20-2/h4-6H,1-3H3,(H,17,19). The van der Waals surface area contributed by atoms with Gasteiger partial charge in [-0.2, -0.15) is 4.98 Å². The number of pyridine rings is 1. The lowest BCUT2D eigenvalue weighted by Crippen LogP contribution is -2.16. The van der Waals surface area contributed by atoms with Crippen LogP contribution in [0.4, 0.5) is 5.69 Å². The van der Waals surface area contributed by atoms with Gasteiger partial charge in [0, 0.05) is 12.4 Å². The highest BCUT2D eigenvalue weighted by Crippen LogP contribution is 2.25. The van der Waals surface area contributed by atoms with Crippen molar-refractivity contribution < 1.29 is 9.53 Å². The summed E-state index contributed by atoms with van der Waals surface area (Å²) in [6.07, 6.45) is 4.84. The summed E-state index contributed by atoms with van der Waals surface area (Å²) >= 11 is 7.35. The number of anilines is 1.